The van der Waals surface area contributed by atoms with Gasteiger partial charge in [0.25, 0.3) is 11.8 Å². The first-order valence-corrected chi connectivity index (χ1v) is 16.0. The molecule has 9 nitrogen and oxygen atoms in total. The van der Waals surface area contributed by atoms with Gasteiger partial charge in [-0.25, -0.2) is 4.98 Å². The van der Waals surface area contributed by atoms with Crippen LogP contribution in [-0.4, -0.2) is 71.0 Å². The highest BCUT2D eigenvalue weighted by Gasteiger charge is 2.30. The second-order valence-corrected chi connectivity index (χ2v) is 12.2. The van der Waals surface area contributed by atoms with Crippen LogP contribution in [0.3, 0.4) is 0 Å². The normalized spacial score (nSPS) is 13.9. The number of aryl methyl sites for hydroxylation is 2. The highest BCUT2D eigenvalue weighted by Crippen LogP contribution is 2.33. The molecule has 3 heterocycles. The Morgan fingerprint density at radius 3 is 2.22 bits per heavy atom. The van der Waals surface area contributed by atoms with Gasteiger partial charge < -0.3 is 23.8 Å². The molecule has 0 N–H and O–H groups in total. The third kappa shape index (κ3) is 7.80. The number of anilines is 1. The van der Waals surface area contributed by atoms with Crippen molar-refractivity contribution in [2.75, 3.05) is 38.1 Å². The Bertz CT molecular complexity index is 2020. The van der Waals surface area contributed by atoms with Crippen molar-refractivity contribution < 1.29 is 41.0 Å². The van der Waals surface area contributed by atoms with Gasteiger partial charge in [0, 0.05) is 74.9 Å². The molecule has 0 bridgehead atoms. The number of piperazine rings is 1. The van der Waals surface area contributed by atoms with Crippen molar-refractivity contribution in [1.29, 1.82) is 0 Å². The Labute approximate surface area is 290 Å². The summed E-state index contributed by atoms with van der Waals surface area (Å²) in [4.78, 5) is 36.2. The molecule has 3 aromatic carbocycles. The van der Waals surface area contributed by atoms with Gasteiger partial charge in [-0.3, -0.25) is 14.5 Å². The molecule has 5 aromatic rings. The van der Waals surface area contributed by atoms with Crippen molar-refractivity contribution in [2.45, 2.75) is 26.3 Å². The lowest BCUT2D eigenvalue weighted by Crippen LogP contribution is -2.48. The van der Waals surface area contributed by atoms with E-state index in [0.717, 1.165) is 46.3 Å². The van der Waals surface area contributed by atoms with Gasteiger partial charge in [-0.15, -0.1) is 0 Å². The van der Waals surface area contributed by atoms with Crippen LogP contribution >= 0.6 is 0 Å². The fourth-order valence-electron chi connectivity index (χ4n) is 6.01. The van der Waals surface area contributed by atoms with Crippen molar-refractivity contribution in [1.82, 2.24) is 19.4 Å². The number of hydrogen-bond acceptors (Lipinski definition) is 6. The second kappa shape index (κ2) is 14.4. The van der Waals surface area contributed by atoms with Crippen molar-refractivity contribution >= 4 is 28.4 Å². The number of carbonyl (C=O) groups excluding carboxylic acids is 2. The number of benzene rings is 3. The van der Waals surface area contributed by atoms with Gasteiger partial charge >= 0.3 is 12.8 Å². The molecule has 51 heavy (non-hydrogen) atoms. The fourth-order valence-corrected chi connectivity index (χ4v) is 6.01. The average Bonchev–Trinajstić information content (AvgIpc) is 3.46. The Hall–Kier alpha value is -5.50. The van der Waals surface area contributed by atoms with E-state index in [1.54, 1.807) is 30.3 Å². The summed E-state index contributed by atoms with van der Waals surface area (Å²) in [5.41, 5.74) is 2.84. The van der Waals surface area contributed by atoms with Crippen LogP contribution < -0.4 is 14.4 Å². The van der Waals surface area contributed by atoms with Crippen molar-refractivity contribution in [3.63, 3.8) is 0 Å². The van der Waals surface area contributed by atoms with Crippen LogP contribution in [0.4, 0.5) is 27.6 Å². The van der Waals surface area contributed by atoms with Crippen LogP contribution in [0.2, 0.25) is 0 Å². The standard InChI is InChI=1S/C37H34F5N5O4/c1-23-29-20-31(35(49)47-18-16-46(17-19-47)22-24-4-11-28(12-5-24)50-36(38)39)45(3)30(29)13-14-32(23)51-33-15-10-27(21-43-33)44(2)34(48)25-6-8-26(9-7-25)37(40,41)42/h4-15,20-21,36H,16-19,22H2,1-3H3. The Morgan fingerprint density at radius 2 is 1.61 bits per heavy atom. The van der Waals surface area contributed by atoms with Crippen molar-refractivity contribution in [3.05, 3.63) is 113 Å². The lowest BCUT2D eigenvalue weighted by Gasteiger charge is -2.34. The van der Waals surface area contributed by atoms with Gasteiger partial charge in [0.2, 0.25) is 5.88 Å². The van der Waals surface area contributed by atoms with Gasteiger partial charge in [0.05, 0.1) is 17.4 Å². The first kappa shape index (κ1) is 35.3. The van der Waals surface area contributed by atoms with E-state index < -0.39 is 24.3 Å². The van der Waals surface area contributed by atoms with E-state index in [2.05, 4.69) is 14.6 Å². The topological polar surface area (TPSA) is 80.1 Å². The molecule has 266 valence electrons. The van der Waals surface area contributed by atoms with E-state index >= 15 is 0 Å². The molecule has 0 radical (unpaired) electrons. The number of ether oxygens (including phenoxy) is 2. The van der Waals surface area contributed by atoms with Crippen LogP contribution in [0, 0.1) is 6.92 Å². The van der Waals surface area contributed by atoms with Crippen LogP contribution in [-0.2, 0) is 19.8 Å². The average molecular weight is 708 g/mol. The summed E-state index contributed by atoms with van der Waals surface area (Å²) in [6.45, 7) is 2.04. The van der Waals surface area contributed by atoms with Crippen LogP contribution in [0.1, 0.15) is 37.5 Å². The molecule has 1 aliphatic heterocycles. The minimum absolute atomic E-state index is 0.0871. The van der Waals surface area contributed by atoms with Gasteiger partial charge in [0.1, 0.15) is 17.2 Å². The van der Waals surface area contributed by atoms with E-state index in [1.165, 1.54) is 30.3 Å². The minimum atomic E-state index is -4.49. The molecule has 2 aromatic heterocycles. The van der Waals surface area contributed by atoms with Crippen molar-refractivity contribution in [3.8, 4) is 17.4 Å². The molecule has 2 amide bonds. The number of halogens is 5. The quantitative estimate of drug-likeness (QED) is 0.148. The first-order valence-electron chi connectivity index (χ1n) is 16.0. The number of fused-ring (bicyclic) bond motifs is 1. The molecule has 1 fully saturated rings. The summed E-state index contributed by atoms with van der Waals surface area (Å²) < 4.78 is 75.9. The third-order valence-corrected chi connectivity index (χ3v) is 8.97. The van der Waals surface area contributed by atoms with Gasteiger partial charge in [-0.05, 0) is 73.2 Å². The van der Waals surface area contributed by atoms with E-state index in [9.17, 15) is 31.5 Å². The molecule has 14 heteroatoms. The molecule has 6 rings (SSSR count). The van der Waals surface area contributed by atoms with E-state index in [0.29, 0.717) is 49.9 Å². The van der Waals surface area contributed by atoms with Crippen molar-refractivity contribution in [2.24, 2.45) is 7.05 Å². The lowest BCUT2D eigenvalue weighted by atomic mass is 10.1. The summed E-state index contributed by atoms with van der Waals surface area (Å²) in [5, 5.41) is 0.842. The minimum Gasteiger partial charge on any atom is -0.439 e. The molecule has 0 saturated carbocycles. The number of pyridine rings is 1. The molecule has 0 aliphatic carbocycles. The van der Waals surface area contributed by atoms with E-state index in [4.69, 9.17) is 4.74 Å². The molecule has 0 unspecified atom stereocenters. The predicted octanol–water partition coefficient (Wildman–Crippen LogP) is 7.53. The summed E-state index contributed by atoms with van der Waals surface area (Å²) in [6, 6.07) is 19.3. The number of aromatic nitrogens is 2. The Morgan fingerprint density at radius 1 is 0.922 bits per heavy atom. The Balaban J connectivity index is 1.08. The lowest BCUT2D eigenvalue weighted by molar-refractivity contribution is -0.137. The highest BCUT2D eigenvalue weighted by molar-refractivity contribution is 6.05. The SMILES string of the molecule is Cc1c(Oc2ccc(N(C)C(=O)c3ccc(C(F)(F)F)cc3)cn2)ccc2c1cc(C(=O)N1CCN(Cc3ccc(OC(F)F)cc3)CC1)n2C. The van der Waals surface area contributed by atoms with Crippen LogP contribution in [0.25, 0.3) is 10.9 Å². The molecule has 1 saturated heterocycles. The second-order valence-electron chi connectivity index (χ2n) is 12.2. The third-order valence-electron chi connectivity index (χ3n) is 8.97. The number of alkyl halides is 5. The van der Waals surface area contributed by atoms with Gasteiger partial charge in [-0.2, -0.15) is 22.0 Å². The molecular weight excluding hydrogens is 673 g/mol. The monoisotopic (exact) mass is 707 g/mol. The predicted molar refractivity (Wildman–Crippen MR) is 180 cm³/mol. The zero-order chi connectivity index (χ0) is 36.4. The zero-order valence-corrected chi connectivity index (χ0v) is 28.0. The zero-order valence-electron chi connectivity index (χ0n) is 28.0. The smallest absolute Gasteiger partial charge is 0.416 e. The Kier molecular flexibility index (Phi) is 9.97. The number of amides is 2. The van der Waals surface area contributed by atoms with Gasteiger partial charge in [0.15, 0.2) is 0 Å². The van der Waals surface area contributed by atoms with Crippen LogP contribution in [0.15, 0.2) is 85.1 Å². The molecule has 0 atom stereocenters. The molecular formula is C37H34F5N5O4. The number of rotatable bonds is 9. The molecule has 0 spiro atoms. The maximum Gasteiger partial charge on any atom is 0.416 e. The number of nitrogens with zero attached hydrogens (tertiary/aromatic N) is 5. The largest absolute Gasteiger partial charge is 0.439 e. The summed E-state index contributed by atoms with van der Waals surface area (Å²) in [6.07, 6.45) is -3.06. The number of hydrogen-bond donors (Lipinski definition) is 0. The van der Waals surface area contributed by atoms with Crippen LogP contribution in [0.5, 0.6) is 17.4 Å². The summed E-state index contributed by atoms with van der Waals surface area (Å²) in [7, 11) is 3.35. The molecule has 1 aliphatic rings. The summed E-state index contributed by atoms with van der Waals surface area (Å²) in [5.74, 6) is 0.323. The summed E-state index contributed by atoms with van der Waals surface area (Å²) >= 11 is 0. The highest BCUT2D eigenvalue weighted by atomic mass is 19.4. The maximum absolute atomic E-state index is 13.6. The first-order chi connectivity index (χ1) is 24.3. The van der Waals surface area contributed by atoms with Gasteiger partial charge in [-0.1, -0.05) is 12.1 Å². The van der Waals surface area contributed by atoms with E-state index in [-0.39, 0.29) is 23.1 Å². The van der Waals surface area contributed by atoms with E-state index in [1.807, 2.05) is 35.6 Å². The fraction of sp³-hybridized carbons (Fsp3) is 0.270. The maximum atomic E-state index is 13.6. The number of carbonyl (C=O) groups is 2.